The van der Waals surface area contributed by atoms with Gasteiger partial charge in [0.15, 0.2) is 5.78 Å². The Kier molecular flexibility index (Phi) is 8.58. The topological polar surface area (TPSA) is 142 Å². The highest BCUT2D eigenvalue weighted by molar-refractivity contribution is 6.32. The average Bonchev–Trinajstić information content (AvgIpc) is 3.28. The third kappa shape index (κ3) is 6.88. The number of nitrogens with two attached hydrogens (primary N) is 1. The number of aromatic hydroxyl groups is 1. The van der Waals surface area contributed by atoms with Gasteiger partial charge in [-0.3, -0.25) is 9.59 Å². The number of hydrogen-bond acceptors (Lipinski definition) is 8. The third-order valence-electron chi connectivity index (χ3n) is 5.24. The zero-order valence-corrected chi connectivity index (χ0v) is 20.6. The molecule has 2 aromatic carbocycles. The number of rotatable bonds is 11. The van der Waals surface area contributed by atoms with Gasteiger partial charge >= 0.3 is 6.18 Å². The van der Waals surface area contributed by atoms with E-state index in [0.717, 1.165) is 4.68 Å². The number of amides is 1. The van der Waals surface area contributed by atoms with E-state index in [-0.39, 0.29) is 46.6 Å². The Balaban J connectivity index is 1.67. The number of phenolic OH excluding ortho intramolecular Hbond substituents is 1. The number of carbonyl (C=O) groups excluding carboxylic acids is 2. The lowest BCUT2D eigenvalue weighted by molar-refractivity contribution is -0.134. The third-order valence-corrected chi connectivity index (χ3v) is 5.55. The Morgan fingerprint density at radius 3 is 2.46 bits per heavy atom. The summed E-state index contributed by atoms with van der Waals surface area (Å²) in [5, 5.41) is 21.3. The molecule has 3 aromatic rings. The summed E-state index contributed by atoms with van der Waals surface area (Å²) in [6.07, 6.45) is -5.85. The zero-order valence-electron chi connectivity index (χ0n) is 19.8. The number of Topliss-reactive ketones (excluding diaryl/α,β-unsaturated/α-hetero) is 1. The highest BCUT2D eigenvalue weighted by Gasteiger charge is 2.29. The van der Waals surface area contributed by atoms with E-state index in [2.05, 4.69) is 15.5 Å². The minimum absolute atomic E-state index is 0.0503. The fraction of sp³-hybridized carbons (Fsp3) is 0.348. The van der Waals surface area contributed by atoms with Gasteiger partial charge in [0.2, 0.25) is 5.82 Å². The maximum atomic E-state index is 12.8. The first-order chi connectivity index (χ1) is 17.4. The summed E-state index contributed by atoms with van der Waals surface area (Å²) in [6, 6.07) is 5.80. The fourth-order valence-corrected chi connectivity index (χ4v) is 3.73. The number of primary amides is 1. The van der Waals surface area contributed by atoms with E-state index in [9.17, 15) is 27.9 Å². The van der Waals surface area contributed by atoms with Crippen molar-refractivity contribution in [2.24, 2.45) is 5.73 Å². The fourth-order valence-electron chi connectivity index (χ4n) is 3.43. The van der Waals surface area contributed by atoms with Gasteiger partial charge in [-0.25, -0.2) is 0 Å². The Morgan fingerprint density at radius 1 is 1.16 bits per heavy atom. The molecule has 1 amide bonds. The second kappa shape index (κ2) is 11.5. The second-order valence-electron chi connectivity index (χ2n) is 8.01. The summed E-state index contributed by atoms with van der Waals surface area (Å²) in [6.45, 7) is 3.16. The number of phenols is 1. The van der Waals surface area contributed by atoms with Crippen LogP contribution in [0, 0.1) is 6.92 Å². The predicted molar refractivity (Wildman–Crippen MR) is 126 cm³/mol. The smallest absolute Gasteiger partial charge is 0.389 e. The van der Waals surface area contributed by atoms with Gasteiger partial charge in [0.05, 0.1) is 29.5 Å². The second-order valence-corrected chi connectivity index (χ2v) is 8.42. The Hall–Kier alpha value is -3.87. The van der Waals surface area contributed by atoms with E-state index in [4.69, 9.17) is 26.8 Å². The van der Waals surface area contributed by atoms with Gasteiger partial charge in [-0.1, -0.05) is 11.6 Å². The number of halogens is 4. The number of aryl methyl sites for hydroxylation is 1. The molecule has 14 heteroatoms. The van der Waals surface area contributed by atoms with Crippen LogP contribution < -0.4 is 15.2 Å². The van der Waals surface area contributed by atoms with Crippen molar-refractivity contribution in [1.82, 2.24) is 20.2 Å². The van der Waals surface area contributed by atoms with Crippen LogP contribution in [0.2, 0.25) is 5.02 Å². The van der Waals surface area contributed by atoms with E-state index in [0.29, 0.717) is 17.7 Å². The van der Waals surface area contributed by atoms with Crippen molar-refractivity contribution in [3.05, 3.63) is 51.8 Å². The number of benzene rings is 2. The maximum absolute atomic E-state index is 12.8. The normalized spacial score (nSPS) is 11.4. The molecule has 1 aromatic heterocycles. The number of nitrogens with zero attached hydrogens (tertiary/aromatic N) is 4. The van der Waals surface area contributed by atoms with Crippen molar-refractivity contribution >= 4 is 23.3 Å². The van der Waals surface area contributed by atoms with E-state index in [1.54, 1.807) is 13.0 Å². The minimum atomic E-state index is -4.44. The molecule has 0 spiro atoms. The van der Waals surface area contributed by atoms with E-state index < -0.39 is 36.5 Å². The van der Waals surface area contributed by atoms with Crippen LogP contribution in [0.1, 0.15) is 51.9 Å². The van der Waals surface area contributed by atoms with Crippen LogP contribution in [-0.2, 0) is 6.42 Å². The Morgan fingerprint density at radius 2 is 1.84 bits per heavy atom. The van der Waals surface area contributed by atoms with E-state index >= 15 is 0 Å². The van der Waals surface area contributed by atoms with Gasteiger partial charge in [0, 0.05) is 24.5 Å². The summed E-state index contributed by atoms with van der Waals surface area (Å²) < 4.78 is 50.8. The van der Waals surface area contributed by atoms with Crippen LogP contribution >= 0.6 is 11.6 Å². The summed E-state index contributed by atoms with van der Waals surface area (Å²) >= 11 is 6.28. The first-order valence-corrected chi connectivity index (χ1v) is 11.3. The van der Waals surface area contributed by atoms with E-state index in [1.165, 1.54) is 25.1 Å². The molecule has 198 valence electrons. The van der Waals surface area contributed by atoms with Crippen LogP contribution in [-0.4, -0.2) is 56.4 Å². The molecular weight excluding hydrogens is 519 g/mol. The molecule has 0 aliphatic rings. The first kappa shape index (κ1) is 27.7. The number of hydrogen-bond donors (Lipinski definition) is 2. The minimum Gasteiger partial charge on any atom is -0.507 e. The molecule has 3 N–H and O–H groups in total. The van der Waals surface area contributed by atoms with Crippen molar-refractivity contribution in [1.29, 1.82) is 0 Å². The molecule has 0 atom stereocenters. The maximum Gasteiger partial charge on any atom is 0.389 e. The molecule has 0 aliphatic carbocycles. The lowest BCUT2D eigenvalue weighted by Gasteiger charge is -2.16. The van der Waals surface area contributed by atoms with Gasteiger partial charge in [-0.2, -0.15) is 17.9 Å². The Bertz CT molecular complexity index is 1310. The molecule has 0 fully saturated rings. The molecule has 0 bridgehead atoms. The van der Waals surface area contributed by atoms with Crippen LogP contribution in [0.4, 0.5) is 13.2 Å². The van der Waals surface area contributed by atoms with Crippen LogP contribution in [0.3, 0.4) is 0 Å². The quantitative estimate of drug-likeness (QED) is 0.274. The van der Waals surface area contributed by atoms with Crippen LogP contribution in [0.5, 0.6) is 17.2 Å². The van der Waals surface area contributed by atoms with Gasteiger partial charge < -0.3 is 20.3 Å². The van der Waals surface area contributed by atoms with E-state index in [1.807, 2.05) is 0 Å². The van der Waals surface area contributed by atoms with Crippen LogP contribution in [0.25, 0.3) is 5.69 Å². The number of aromatic nitrogens is 4. The van der Waals surface area contributed by atoms with Gasteiger partial charge in [0.1, 0.15) is 17.2 Å². The summed E-state index contributed by atoms with van der Waals surface area (Å²) in [4.78, 5) is 23.2. The lowest BCUT2D eigenvalue weighted by Crippen LogP contribution is -2.18. The molecule has 10 nitrogen and oxygen atoms in total. The lowest BCUT2D eigenvalue weighted by atomic mass is 10.0. The molecular formula is C23H23ClF3N5O5. The van der Waals surface area contributed by atoms with Crippen molar-refractivity contribution in [2.45, 2.75) is 39.3 Å². The predicted octanol–water partition coefficient (Wildman–Crippen LogP) is 3.97. The molecule has 0 saturated carbocycles. The van der Waals surface area contributed by atoms with Gasteiger partial charge in [-0.15, -0.1) is 5.10 Å². The number of tetrazole rings is 1. The highest BCUT2D eigenvalue weighted by Crippen LogP contribution is 2.35. The molecule has 0 unspecified atom stereocenters. The average molecular weight is 542 g/mol. The molecule has 0 saturated heterocycles. The summed E-state index contributed by atoms with van der Waals surface area (Å²) in [5.74, 6) is -1.60. The molecule has 1 heterocycles. The van der Waals surface area contributed by atoms with Crippen molar-refractivity contribution in [3.8, 4) is 22.9 Å². The number of alkyl halides is 3. The van der Waals surface area contributed by atoms with Gasteiger partial charge in [0.25, 0.3) is 5.91 Å². The largest absolute Gasteiger partial charge is 0.507 e. The molecule has 3 rings (SSSR count). The number of ketones is 1. The molecule has 0 radical (unpaired) electrons. The zero-order chi connectivity index (χ0) is 27.3. The van der Waals surface area contributed by atoms with Crippen molar-refractivity contribution < 1.29 is 37.3 Å². The first-order valence-electron chi connectivity index (χ1n) is 11.0. The SMILES string of the molecule is CC(=O)c1ccc(OCCCOc2cc(-n3nnnc3C(N)=O)c(Cl)cc2C)c(CCC(F)(F)F)c1O. The van der Waals surface area contributed by atoms with Gasteiger partial charge in [-0.05, 0) is 54.5 Å². The van der Waals surface area contributed by atoms with Crippen molar-refractivity contribution in [2.75, 3.05) is 13.2 Å². The Labute approximate surface area is 214 Å². The molecule has 37 heavy (non-hydrogen) atoms. The standard InChI is InChI=1S/C23H23ClF3N5O5/c1-12-10-16(24)17(32-22(21(28)35)29-30-31-32)11-19(12)37-9-3-8-36-18-5-4-14(13(2)33)20(34)15(18)6-7-23(25,26)27/h4-5,10-11,34H,3,6-9H2,1-2H3,(H2,28,35). The number of carbonyl (C=O) groups is 2. The highest BCUT2D eigenvalue weighted by atomic mass is 35.5. The monoisotopic (exact) mass is 541 g/mol. The summed E-state index contributed by atoms with van der Waals surface area (Å²) in [5.41, 5.74) is 6.07. The van der Waals surface area contributed by atoms with Crippen molar-refractivity contribution in [3.63, 3.8) is 0 Å². The summed E-state index contributed by atoms with van der Waals surface area (Å²) in [7, 11) is 0. The number of ether oxygens (including phenoxy) is 2. The molecule has 0 aliphatic heterocycles. The van der Waals surface area contributed by atoms with Crippen LogP contribution in [0.15, 0.2) is 24.3 Å².